The maximum absolute atomic E-state index is 10.5. The highest BCUT2D eigenvalue weighted by Crippen LogP contribution is 2.53. The third-order valence-corrected chi connectivity index (χ3v) is 7.47. The van der Waals surface area contributed by atoms with Gasteiger partial charge in [-0.05, 0) is 35.4 Å². The van der Waals surface area contributed by atoms with Crippen LogP contribution in [0.5, 0.6) is 0 Å². The molecule has 0 aliphatic heterocycles. The second-order valence-corrected chi connectivity index (χ2v) is 9.95. The van der Waals surface area contributed by atoms with Crippen LogP contribution in [0.4, 0.5) is 0 Å². The summed E-state index contributed by atoms with van der Waals surface area (Å²) in [5.41, 5.74) is -1.25. The van der Waals surface area contributed by atoms with Gasteiger partial charge in [-0.1, -0.05) is 66.1 Å². The van der Waals surface area contributed by atoms with Crippen LogP contribution in [0.25, 0.3) is 0 Å². The van der Waals surface area contributed by atoms with Crippen LogP contribution in [-0.4, -0.2) is 43.6 Å². The summed E-state index contributed by atoms with van der Waals surface area (Å²) in [6.07, 6.45) is 0.463. The molecule has 9 heteroatoms. The van der Waals surface area contributed by atoms with E-state index in [4.69, 9.17) is 23.2 Å². The Bertz CT molecular complexity index is 250. The van der Waals surface area contributed by atoms with Crippen LogP contribution >= 0.6 is 100 Å². The van der Waals surface area contributed by atoms with Gasteiger partial charge in [0.05, 0.1) is 0 Å². The minimum absolute atomic E-state index is 0.152. The van der Waals surface area contributed by atoms with Crippen LogP contribution in [0.2, 0.25) is 0 Å². The van der Waals surface area contributed by atoms with Gasteiger partial charge in [-0.2, -0.15) is 0 Å². The fourth-order valence-electron chi connectivity index (χ4n) is 1.49. The summed E-state index contributed by atoms with van der Waals surface area (Å²) in [5, 5.41) is 30.8. The Balaban J connectivity index is 5.41. The first-order valence-electron chi connectivity index (χ1n) is 4.99. The van der Waals surface area contributed by atoms with E-state index in [9.17, 15) is 15.3 Å². The van der Waals surface area contributed by atoms with Crippen molar-refractivity contribution in [3.8, 4) is 0 Å². The van der Waals surface area contributed by atoms with E-state index in [0.717, 1.165) is 0 Å². The normalized spacial score (nSPS) is 23.8. The molecule has 0 heterocycles. The van der Waals surface area contributed by atoms with Crippen molar-refractivity contribution in [2.75, 3.05) is 9.76 Å². The van der Waals surface area contributed by atoms with Crippen molar-refractivity contribution in [1.82, 2.24) is 0 Å². The number of rotatable bonds is 8. The Labute approximate surface area is 161 Å². The number of aliphatic hydroxyl groups excluding tert-OH is 1. The summed E-state index contributed by atoms with van der Waals surface area (Å²) in [6, 6.07) is 0. The molecule has 0 rings (SSSR count). The van der Waals surface area contributed by atoms with Gasteiger partial charge in [-0.15, -0.1) is 11.6 Å². The molecular formula is C9H14Br2Cl2I2O3. The Hall–Kier alpha value is 2.88. The lowest BCUT2D eigenvalue weighted by molar-refractivity contribution is -0.0125. The van der Waals surface area contributed by atoms with E-state index in [2.05, 4.69) is 54.5 Å². The van der Waals surface area contributed by atoms with Gasteiger partial charge in [-0.25, -0.2) is 0 Å². The molecule has 0 amide bonds. The van der Waals surface area contributed by atoms with Crippen LogP contribution in [-0.2, 0) is 0 Å². The topological polar surface area (TPSA) is 60.7 Å². The minimum Gasteiger partial charge on any atom is -0.378 e. The molecule has 18 heavy (non-hydrogen) atoms. The van der Waals surface area contributed by atoms with Crippen molar-refractivity contribution in [2.24, 2.45) is 0 Å². The minimum atomic E-state index is -1.55. The van der Waals surface area contributed by atoms with E-state index in [1.54, 1.807) is 22.6 Å². The van der Waals surface area contributed by atoms with Crippen LogP contribution in [0, 0.1) is 0 Å². The molecule has 4 unspecified atom stereocenters. The Kier molecular flexibility index (Phi) is 9.86. The highest BCUT2D eigenvalue weighted by molar-refractivity contribution is 14.1. The van der Waals surface area contributed by atoms with Crippen LogP contribution in [0.1, 0.15) is 19.3 Å². The van der Waals surface area contributed by atoms with E-state index < -0.39 is 18.6 Å². The molecular weight excluding hydrogens is 641 g/mol. The maximum Gasteiger partial charge on any atom is 0.143 e. The predicted molar refractivity (Wildman–Crippen MR) is 99.8 cm³/mol. The number of halogens is 6. The van der Waals surface area contributed by atoms with Crippen LogP contribution < -0.4 is 0 Å². The van der Waals surface area contributed by atoms with Crippen molar-refractivity contribution >= 4 is 100 Å². The summed E-state index contributed by atoms with van der Waals surface area (Å²) in [4.78, 5) is -1.51. The molecule has 0 radical (unpaired) electrons. The van der Waals surface area contributed by atoms with Gasteiger partial charge >= 0.3 is 0 Å². The van der Waals surface area contributed by atoms with Crippen molar-refractivity contribution < 1.29 is 15.3 Å². The van der Waals surface area contributed by atoms with Gasteiger partial charge in [0.2, 0.25) is 0 Å². The Morgan fingerprint density at radius 1 is 1.28 bits per heavy atom. The summed E-state index contributed by atoms with van der Waals surface area (Å²) < 4.78 is -2.31. The van der Waals surface area contributed by atoms with E-state index in [0.29, 0.717) is 16.2 Å². The molecule has 0 fully saturated rings. The second kappa shape index (κ2) is 8.50. The molecule has 0 bridgehead atoms. The van der Waals surface area contributed by atoms with Crippen molar-refractivity contribution in [3.05, 3.63) is 0 Å². The number of aliphatic hydroxyl groups is 3. The summed E-state index contributed by atoms with van der Waals surface area (Å²) in [6.45, 7) is 0. The largest absolute Gasteiger partial charge is 0.378 e. The van der Waals surface area contributed by atoms with Gasteiger partial charge in [0, 0.05) is 16.2 Å². The lowest BCUT2D eigenvalue weighted by Crippen LogP contribution is -2.60. The van der Waals surface area contributed by atoms with Crippen molar-refractivity contribution in [1.29, 1.82) is 0 Å². The fraction of sp³-hybridized carbons (Fsp3) is 1.00. The SMILES string of the molecule is OC(Cl)CC(Cl)(C(O)(Br)CCBr)C(O)(I)CCI. The first kappa shape index (κ1) is 20.9. The summed E-state index contributed by atoms with van der Waals surface area (Å²) in [5.74, 6) is 0. The summed E-state index contributed by atoms with van der Waals surface area (Å²) >= 11 is 22.3. The highest BCUT2D eigenvalue weighted by Gasteiger charge is 2.59. The number of alkyl halides is 6. The maximum atomic E-state index is 10.5. The highest BCUT2D eigenvalue weighted by atomic mass is 127. The third kappa shape index (κ3) is 5.26. The first-order valence-corrected chi connectivity index (χ1v) is 10.3. The van der Waals surface area contributed by atoms with E-state index in [-0.39, 0.29) is 12.8 Å². The van der Waals surface area contributed by atoms with Gasteiger partial charge < -0.3 is 15.3 Å². The van der Waals surface area contributed by atoms with Gasteiger partial charge in [0.15, 0.2) is 0 Å². The smallest absolute Gasteiger partial charge is 0.143 e. The zero-order chi connectivity index (χ0) is 14.6. The van der Waals surface area contributed by atoms with Gasteiger partial charge in [0.25, 0.3) is 0 Å². The summed E-state index contributed by atoms with van der Waals surface area (Å²) in [7, 11) is 0. The van der Waals surface area contributed by atoms with Crippen molar-refractivity contribution in [3.63, 3.8) is 0 Å². The molecule has 0 aromatic carbocycles. The molecule has 110 valence electrons. The standard InChI is InChI=1S/C9H14Br2Cl2I2O3/c10-3-1-8(11,17)7(13,5-6(12)16)9(15,18)2-4-14/h6,16-18H,1-5H2. The van der Waals surface area contributed by atoms with Crippen LogP contribution in [0.15, 0.2) is 0 Å². The monoisotopic (exact) mass is 652 g/mol. The van der Waals surface area contributed by atoms with E-state index in [1.807, 2.05) is 0 Å². The second-order valence-electron chi connectivity index (χ2n) is 3.84. The molecule has 0 aromatic rings. The third-order valence-electron chi connectivity index (χ3n) is 2.52. The average Bonchev–Trinajstić information content (AvgIpc) is 2.15. The Morgan fingerprint density at radius 3 is 2.11 bits per heavy atom. The molecule has 0 aliphatic carbocycles. The van der Waals surface area contributed by atoms with E-state index >= 15 is 0 Å². The lowest BCUT2D eigenvalue weighted by Gasteiger charge is -2.47. The first-order chi connectivity index (χ1) is 8.04. The quantitative estimate of drug-likeness (QED) is 0.277. The Morgan fingerprint density at radius 2 is 1.78 bits per heavy atom. The molecule has 4 atom stereocenters. The predicted octanol–water partition coefficient (Wildman–Crippen LogP) is 3.73. The zero-order valence-electron chi connectivity index (χ0n) is 9.22. The van der Waals surface area contributed by atoms with E-state index in [1.165, 1.54) is 0 Å². The number of hydrogen-bond donors (Lipinski definition) is 3. The fourth-order valence-corrected chi connectivity index (χ4v) is 7.04. The molecule has 0 aromatic heterocycles. The van der Waals surface area contributed by atoms with Crippen LogP contribution in [0.3, 0.4) is 0 Å². The number of hydrogen-bond acceptors (Lipinski definition) is 3. The average molecular weight is 655 g/mol. The zero-order valence-corrected chi connectivity index (χ0v) is 18.2. The van der Waals surface area contributed by atoms with Gasteiger partial charge in [0.1, 0.15) is 18.6 Å². The molecule has 0 aliphatic rings. The molecule has 3 N–H and O–H groups in total. The lowest BCUT2D eigenvalue weighted by atomic mass is 9.88. The molecule has 3 nitrogen and oxygen atoms in total. The van der Waals surface area contributed by atoms with Gasteiger partial charge in [-0.3, -0.25) is 0 Å². The molecule has 0 saturated carbocycles. The van der Waals surface area contributed by atoms with Crippen molar-refractivity contribution in [2.45, 2.75) is 37.8 Å². The molecule has 0 saturated heterocycles. The molecule has 0 spiro atoms.